The Kier molecular flexibility index (Phi) is 6.19. The Morgan fingerprint density at radius 1 is 1.31 bits per heavy atom. The number of amides is 2. The molecule has 4 atom stereocenters. The van der Waals surface area contributed by atoms with E-state index in [1.807, 2.05) is 0 Å². The Labute approximate surface area is 194 Å². The van der Waals surface area contributed by atoms with Gasteiger partial charge in [-0.2, -0.15) is 0 Å². The molecule has 2 amide bonds. The first-order valence-corrected chi connectivity index (χ1v) is 12.6. The van der Waals surface area contributed by atoms with Gasteiger partial charge in [0, 0.05) is 15.0 Å². The molecule has 4 N–H and O–H groups in total. The summed E-state index contributed by atoms with van der Waals surface area (Å²) in [6.07, 6.45) is 6.82. The van der Waals surface area contributed by atoms with Gasteiger partial charge in [0.2, 0.25) is 5.91 Å². The molecule has 8 nitrogen and oxygen atoms in total. The second-order valence-corrected chi connectivity index (χ2v) is 11.8. The highest BCUT2D eigenvalue weighted by atomic mass is 32.2. The zero-order valence-corrected chi connectivity index (χ0v) is 19.6. The first kappa shape index (κ1) is 23.3. The normalized spacial score (nSPS) is 30.8. The molecular formula is C21H28FN3O5S2. The number of thiophene rings is 1. The molecule has 0 bridgehead atoms. The summed E-state index contributed by atoms with van der Waals surface area (Å²) in [5.74, 6) is -5.14. The number of carbonyl (C=O) groups is 3. The maximum Gasteiger partial charge on any atom is 0.327 e. The lowest BCUT2D eigenvalue weighted by Crippen LogP contribution is -2.77. The molecule has 0 radical (unpaired) electrons. The van der Waals surface area contributed by atoms with E-state index in [1.165, 1.54) is 24.2 Å². The first-order valence-electron chi connectivity index (χ1n) is 10.8. The highest BCUT2D eigenvalue weighted by molar-refractivity contribution is 8.01. The van der Waals surface area contributed by atoms with Crippen LogP contribution in [0.5, 0.6) is 5.75 Å². The van der Waals surface area contributed by atoms with Crippen molar-refractivity contribution in [3.05, 3.63) is 16.3 Å². The van der Waals surface area contributed by atoms with Crippen molar-refractivity contribution in [3.63, 3.8) is 0 Å². The van der Waals surface area contributed by atoms with E-state index in [-0.39, 0.29) is 6.10 Å². The molecule has 3 heterocycles. The van der Waals surface area contributed by atoms with Crippen LogP contribution in [0.4, 0.5) is 4.39 Å². The SMILES string of the molecule is CC1(C)S[C@H]2N(C(=O)[C@]2(F)NC(=O)C(N)c2cc(OC3CCCCCC3)cs2)[C@H]1C(=O)O. The van der Waals surface area contributed by atoms with Crippen LogP contribution in [0.1, 0.15) is 63.3 Å². The third-order valence-corrected chi connectivity index (χ3v) is 8.92. The van der Waals surface area contributed by atoms with Gasteiger partial charge in [0.25, 0.3) is 11.7 Å². The summed E-state index contributed by atoms with van der Waals surface area (Å²) in [4.78, 5) is 38.3. The number of alkyl halides is 1. The number of carbonyl (C=O) groups excluding carboxylic acids is 2. The quantitative estimate of drug-likeness (QED) is 0.322. The van der Waals surface area contributed by atoms with Crippen LogP contribution in [-0.4, -0.2) is 55.8 Å². The van der Waals surface area contributed by atoms with Gasteiger partial charge in [-0.3, -0.25) is 9.59 Å². The number of rotatable bonds is 6. The number of hydrogen-bond donors (Lipinski definition) is 3. The molecule has 1 aromatic heterocycles. The van der Waals surface area contributed by atoms with Crippen molar-refractivity contribution in [1.82, 2.24) is 10.2 Å². The van der Waals surface area contributed by atoms with E-state index in [9.17, 15) is 19.5 Å². The monoisotopic (exact) mass is 485 g/mol. The van der Waals surface area contributed by atoms with Crippen LogP contribution in [0.25, 0.3) is 0 Å². The Hall–Kier alpha value is -1.85. The van der Waals surface area contributed by atoms with Crippen molar-refractivity contribution in [2.45, 2.75) is 86.5 Å². The summed E-state index contributed by atoms with van der Waals surface area (Å²) >= 11 is 2.26. The molecule has 176 valence electrons. The molecule has 2 aliphatic heterocycles. The van der Waals surface area contributed by atoms with Gasteiger partial charge in [0.15, 0.2) is 0 Å². The second kappa shape index (κ2) is 8.49. The predicted molar refractivity (Wildman–Crippen MR) is 119 cm³/mol. The van der Waals surface area contributed by atoms with Crippen molar-refractivity contribution in [2.75, 3.05) is 0 Å². The van der Waals surface area contributed by atoms with Crippen LogP contribution in [0.3, 0.4) is 0 Å². The number of carboxylic acid groups (broad SMARTS) is 1. The van der Waals surface area contributed by atoms with E-state index in [0.29, 0.717) is 10.6 Å². The van der Waals surface area contributed by atoms with Crippen LogP contribution in [0.2, 0.25) is 0 Å². The van der Waals surface area contributed by atoms with Gasteiger partial charge in [0.05, 0.1) is 6.10 Å². The summed E-state index contributed by atoms with van der Waals surface area (Å²) in [5.41, 5.74) is 6.06. The third-order valence-electron chi connectivity index (χ3n) is 6.32. The lowest BCUT2D eigenvalue weighted by molar-refractivity contribution is -0.182. The van der Waals surface area contributed by atoms with Gasteiger partial charge in [-0.15, -0.1) is 23.1 Å². The topological polar surface area (TPSA) is 122 Å². The largest absolute Gasteiger partial charge is 0.490 e. The smallest absolute Gasteiger partial charge is 0.327 e. The van der Waals surface area contributed by atoms with Crippen molar-refractivity contribution < 1.29 is 28.6 Å². The summed E-state index contributed by atoms with van der Waals surface area (Å²) in [6.45, 7) is 3.27. The molecule has 32 heavy (non-hydrogen) atoms. The molecule has 3 aliphatic rings. The third kappa shape index (κ3) is 3.99. The van der Waals surface area contributed by atoms with Gasteiger partial charge in [-0.25, -0.2) is 9.18 Å². The molecule has 0 spiro atoms. The van der Waals surface area contributed by atoms with Gasteiger partial charge in [0.1, 0.15) is 23.2 Å². The molecule has 2 saturated heterocycles. The Balaban J connectivity index is 1.41. The number of carboxylic acids is 1. The fourth-order valence-electron chi connectivity index (χ4n) is 4.63. The molecular weight excluding hydrogens is 457 g/mol. The molecule has 4 rings (SSSR count). The van der Waals surface area contributed by atoms with E-state index < -0.39 is 45.8 Å². The molecule has 1 aliphatic carbocycles. The summed E-state index contributed by atoms with van der Waals surface area (Å²) in [5, 5.41) is 12.3. The lowest BCUT2D eigenvalue weighted by Gasteiger charge is -2.47. The van der Waals surface area contributed by atoms with Crippen LogP contribution in [0, 0.1) is 0 Å². The number of ether oxygens (including phenoxy) is 1. The molecule has 1 saturated carbocycles. The lowest BCUT2D eigenvalue weighted by atomic mass is 9.94. The van der Waals surface area contributed by atoms with Crippen molar-refractivity contribution in [2.24, 2.45) is 5.73 Å². The van der Waals surface area contributed by atoms with Crippen molar-refractivity contribution in [1.29, 1.82) is 0 Å². The average molecular weight is 486 g/mol. The van der Waals surface area contributed by atoms with Crippen LogP contribution in [0.15, 0.2) is 11.4 Å². The van der Waals surface area contributed by atoms with Crippen molar-refractivity contribution in [3.8, 4) is 5.75 Å². The minimum Gasteiger partial charge on any atom is -0.490 e. The van der Waals surface area contributed by atoms with Crippen molar-refractivity contribution >= 4 is 40.9 Å². The Bertz CT molecular complexity index is 917. The van der Waals surface area contributed by atoms with E-state index in [0.717, 1.165) is 42.3 Å². The summed E-state index contributed by atoms with van der Waals surface area (Å²) in [7, 11) is 0. The molecule has 1 aromatic rings. The van der Waals surface area contributed by atoms with E-state index in [2.05, 4.69) is 5.32 Å². The number of nitrogens with two attached hydrogens (primary N) is 1. The zero-order valence-electron chi connectivity index (χ0n) is 18.0. The van der Waals surface area contributed by atoms with Gasteiger partial charge < -0.3 is 25.8 Å². The molecule has 1 unspecified atom stereocenters. The van der Waals surface area contributed by atoms with Crippen LogP contribution < -0.4 is 15.8 Å². The summed E-state index contributed by atoms with van der Waals surface area (Å²) in [6, 6.07) is -0.649. The standard InChI is InChI=1S/C21H28FN3O5S2/c1-20(2)15(17(27)28)25-18(29)21(22,19(25)32-20)24-16(26)14(23)13-9-12(10-31-13)30-11-7-5-3-4-6-8-11/h9-11,14-15,19H,3-8,23H2,1-2H3,(H,24,26)(H,27,28)/t14?,15-,19+,21-/m0/s1. The van der Waals surface area contributed by atoms with E-state index in [4.69, 9.17) is 10.5 Å². The first-order chi connectivity index (χ1) is 15.0. The maximum absolute atomic E-state index is 15.5. The van der Waals surface area contributed by atoms with E-state index >= 15 is 4.39 Å². The number of fused-ring (bicyclic) bond motifs is 1. The molecule has 0 aromatic carbocycles. The number of nitrogens with one attached hydrogen (secondary N) is 1. The number of nitrogens with zero attached hydrogens (tertiary/aromatic N) is 1. The number of halogens is 1. The van der Waals surface area contributed by atoms with Gasteiger partial charge >= 0.3 is 5.97 Å². The number of hydrogen-bond acceptors (Lipinski definition) is 7. The van der Waals surface area contributed by atoms with Crippen LogP contribution >= 0.6 is 23.1 Å². The van der Waals surface area contributed by atoms with E-state index in [1.54, 1.807) is 25.3 Å². The summed E-state index contributed by atoms with van der Waals surface area (Å²) < 4.78 is 20.6. The predicted octanol–water partition coefficient (Wildman–Crippen LogP) is 2.78. The number of aliphatic carboxylic acids is 1. The fraction of sp³-hybridized carbons (Fsp3) is 0.667. The molecule has 3 fully saturated rings. The van der Waals surface area contributed by atoms with Gasteiger partial charge in [-0.05, 0) is 45.6 Å². The highest BCUT2D eigenvalue weighted by Crippen LogP contribution is 2.55. The number of thioether (sulfide) groups is 1. The number of β-lactam (4-membered cyclic amide) rings is 1. The highest BCUT2D eigenvalue weighted by Gasteiger charge is 2.73. The minimum atomic E-state index is -2.68. The zero-order chi connectivity index (χ0) is 23.3. The molecule has 11 heteroatoms. The second-order valence-electron chi connectivity index (χ2n) is 9.12. The Morgan fingerprint density at radius 2 is 1.97 bits per heavy atom. The van der Waals surface area contributed by atoms with Gasteiger partial charge in [-0.1, -0.05) is 12.8 Å². The van der Waals surface area contributed by atoms with Crippen LogP contribution in [-0.2, 0) is 14.4 Å². The Morgan fingerprint density at radius 3 is 2.59 bits per heavy atom. The fourth-order valence-corrected chi connectivity index (χ4v) is 7.02. The minimum absolute atomic E-state index is 0.141. The maximum atomic E-state index is 15.5. The average Bonchev–Trinajstić information content (AvgIpc) is 3.18.